The van der Waals surface area contributed by atoms with Crippen LogP contribution >= 0.6 is 11.6 Å². The third-order valence-corrected chi connectivity index (χ3v) is 0.958. The lowest BCUT2D eigenvalue weighted by Crippen LogP contribution is -2.20. The molecular weight excluding hydrogens is 178 g/mol. The van der Waals surface area contributed by atoms with Gasteiger partial charge in [-0.2, -0.15) is 22.0 Å². The van der Waals surface area contributed by atoms with Gasteiger partial charge in [-0.1, -0.05) is 0 Å². The van der Waals surface area contributed by atoms with Crippen molar-refractivity contribution in [3.63, 3.8) is 0 Å². The third-order valence-electron chi connectivity index (χ3n) is 0.585. The van der Waals surface area contributed by atoms with Crippen molar-refractivity contribution in [2.75, 3.05) is 0 Å². The summed E-state index contributed by atoms with van der Waals surface area (Å²) in [7, 11) is 0. The van der Waals surface area contributed by atoms with Gasteiger partial charge in [-0.25, -0.2) is 0 Å². The zero-order chi connectivity index (χ0) is 8.36. The lowest BCUT2D eigenvalue weighted by molar-refractivity contribution is -0.122. The van der Waals surface area contributed by atoms with Crippen LogP contribution in [0.25, 0.3) is 0 Å². The summed E-state index contributed by atoms with van der Waals surface area (Å²) in [6, 6.07) is 0. The van der Waals surface area contributed by atoms with E-state index in [0.717, 1.165) is 0 Å². The number of halogens is 6. The van der Waals surface area contributed by atoms with E-state index in [0.29, 0.717) is 0 Å². The molecule has 0 fully saturated rings. The van der Waals surface area contributed by atoms with Crippen LogP contribution in [0.15, 0.2) is 12.2 Å². The van der Waals surface area contributed by atoms with Crippen LogP contribution in [0.1, 0.15) is 0 Å². The Morgan fingerprint density at radius 3 is 1.80 bits per heavy atom. The Labute approximate surface area is 58.3 Å². The van der Waals surface area contributed by atoms with E-state index in [2.05, 4.69) is 11.6 Å². The smallest absolute Gasteiger partial charge is 0.174 e. The van der Waals surface area contributed by atoms with E-state index in [1.165, 1.54) is 0 Å². The number of alkyl halides is 4. The minimum absolute atomic E-state index is 0.360. The van der Waals surface area contributed by atoms with Gasteiger partial charge in [0, 0.05) is 6.08 Å². The molecule has 0 rings (SSSR count). The van der Waals surface area contributed by atoms with Crippen molar-refractivity contribution in [1.29, 1.82) is 0 Å². The van der Waals surface area contributed by atoms with E-state index in [-0.39, 0.29) is 6.08 Å². The molecule has 0 aliphatic rings. The second kappa shape index (κ2) is 3.18. The second-order valence-corrected chi connectivity index (χ2v) is 1.87. The molecular formula is C4H2ClF5. The Bertz CT molecular complexity index is 133. The average molecular weight is 181 g/mol. The van der Waals surface area contributed by atoms with E-state index in [9.17, 15) is 22.0 Å². The molecule has 0 aliphatic heterocycles. The monoisotopic (exact) mass is 180 g/mol. The first-order valence-electron chi connectivity index (χ1n) is 2.07. The van der Waals surface area contributed by atoms with E-state index < -0.39 is 17.6 Å². The summed E-state index contributed by atoms with van der Waals surface area (Å²) in [5.41, 5.74) is 0. The first-order chi connectivity index (χ1) is 4.34. The van der Waals surface area contributed by atoms with Crippen LogP contribution in [0.2, 0.25) is 0 Å². The summed E-state index contributed by atoms with van der Waals surface area (Å²) in [6.07, 6.45) is -7.59. The molecule has 6 heteroatoms. The Kier molecular flexibility index (Phi) is 3.08. The SMILES string of the molecule is FC(F)=CC(Cl)C(F)(F)F. The fourth-order valence-electron chi connectivity index (χ4n) is 0.205. The molecule has 0 radical (unpaired) electrons. The van der Waals surface area contributed by atoms with Crippen LogP contribution < -0.4 is 0 Å². The molecule has 0 aliphatic carbocycles. The standard InChI is InChI=1S/C4H2ClF5/c5-2(1-3(6)7)4(8,9)10/h1-2H. The summed E-state index contributed by atoms with van der Waals surface area (Å²) in [6.45, 7) is 0. The van der Waals surface area contributed by atoms with Gasteiger partial charge in [-0.05, 0) is 0 Å². The van der Waals surface area contributed by atoms with Gasteiger partial charge in [0.1, 0.15) is 0 Å². The molecule has 0 aromatic heterocycles. The van der Waals surface area contributed by atoms with Crippen molar-refractivity contribution in [3.8, 4) is 0 Å². The van der Waals surface area contributed by atoms with Crippen molar-refractivity contribution >= 4 is 11.6 Å². The van der Waals surface area contributed by atoms with Crippen LogP contribution in [0, 0.1) is 0 Å². The quantitative estimate of drug-likeness (QED) is 0.430. The predicted octanol–water partition coefficient (Wildman–Crippen LogP) is 2.94. The average Bonchev–Trinajstić information content (AvgIpc) is 1.60. The summed E-state index contributed by atoms with van der Waals surface area (Å²) in [4.78, 5) is 0. The lowest BCUT2D eigenvalue weighted by Gasteiger charge is -2.07. The molecule has 0 saturated carbocycles. The summed E-state index contributed by atoms with van der Waals surface area (Å²) in [5.74, 6) is 0. The topological polar surface area (TPSA) is 0 Å². The zero-order valence-corrected chi connectivity index (χ0v) is 5.18. The van der Waals surface area contributed by atoms with Crippen LogP contribution in [-0.4, -0.2) is 11.6 Å². The zero-order valence-electron chi connectivity index (χ0n) is 4.42. The predicted molar refractivity (Wildman–Crippen MR) is 26.0 cm³/mol. The number of hydrogen-bond acceptors (Lipinski definition) is 0. The molecule has 0 aromatic carbocycles. The van der Waals surface area contributed by atoms with E-state index in [1.807, 2.05) is 0 Å². The largest absolute Gasteiger partial charge is 0.408 e. The molecule has 0 nitrogen and oxygen atoms in total. The van der Waals surface area contributed by atoms with Gasteiger partial charge in [0.15, 0.2) is 5.38 Å². The highest BCUT2D eigenvalue weighted by molar-refractivity contribution is 6.22. The van der Waals surface area contributed by atoms with Crippen LogP contribution in [0.4, 0.5) is 22.0 Å². The molecule has 0 aromatic rings. The normalized spacial score (nSPS) is 14.6. The Morgan fingerprint density at radius 1 is 1.30 bits per heavy atom. The molecule has 1 atom stereocenters. The minimum atomic E-state index is -4.80. The fourth-order valence-corrected chi connectivity index (χ4v) is 0.300. The van der Waals surface area contributed by atoms with Crippen molar-refractivity contribution in [2.24, 2.45) is 0 Å². The maximum atomic E-state index is 11.3. The Hall–Kier alpha value is -0.320. The van der Waals surface area contributed by atoms with E-state index >= 15 is 0 Å². The van der Waals surface area contributed by atoms with Crippen molar-refractivity contribution in [2.45, 2.75) is 11.6 Å². The molecule has 0 heterocycles. The van der Waals surface area contributed by atoms with Crippen molar-refractivity contribution in [1.82, 2.24) is 0 Å². The van der Waals surface area contributed by atoms with Crippen molar-refractivity contribution < 1.29 is 22.0 Å². The molecule has 10 heavy (non-hydrogen) atoms. The van der Waals surface area contributed by atoms with Crippen molar-refractivity contribution in [3.05, 3.63) is 12.2 Å². The van der Waals surface area contributed by atoms with Gasteiger partial charge in [0.05, 0.1) is 0 Å². The second-order valence-electron chi connectivity index (χ2n) is 1.40. The van der Waals surface area contributed by atoms with Gasteiger partial charge in [0.25, 0.3) is 6.08 Å². The van der Waals surface area contributed by atoms with E-state index in [4.69, 9.17) is 0 Å². The molecule has 60 valence electrons. The highest BCUT2D eigenvalue weighted by Gasteiger charge is 2.37. The first kappa shape index (κ1) is 9.68. The Balaban J connectivity index is 4.11. The summed E-state index contributed by atoms with van der Waals surface area (Å²) in [5, 5.41) is -2.60. The van der Waals surface area contributed by atoms with Crippen LogP contribution in [-0.2, 0) is 0 Å². The van der Waals surface area contributed by atoms with Crippen LogP contribution in [0.3, 0.4) is 0 Å². The van der Waals surface area contributed by atoms with Crippen LogP contribution in [0.5, 0.6) is 0 Å². The molecule has 0 N–H and O–H groups in total. The van der Waals surface area contributed by atoms with Gasteiger partial charge in [-0.15, -0.1) is 11.6 Å². The van der Waals surface area contributed by atoms with E-state index in [1.54, 1.807) is 0 Å². The van der Waals surface area contributed by atoms with Gasteiger partial charge < -0.3 is 0 Å². The summed E-state index contributed by atoms with van der Waals surface area (Å²) >= 11 is 4.47. The molecule has 1 unspecified atom stereocenters. The molecule has 0 spiro atoms. The maximum Gasteiger partial charge on any atom is 0.408 e. The third kappa shape index (κ3) is 3.66. The minimum Gasteiger partial charge on any atom is -0.174 e. The molecule has 0 amide bonds. The highest BCUT2D eigenvalue weighted by atomic mass is 35.5. The maximum absolute atomic E-state index is 11.3. The highest BCUT2D eigenvalue weighted by Crippen LogP contribution is 2.26. The number of rotatable bonds is 1. The number of allylic oxidation sites excluding steroid dienone is 1. The lowest BCUT2D eigenvalue weighted by atomic mass is 10.4. The number of hydrogen-bond donors (Lipinski definition) is 0. The molecule has 0 bridgehead atoms. The first-order valence-corrected chi connectivity index (χ1v) is 2.51. The van der Waals surface area contributed by atoms with Gasteiger partial charge >= 0.3 is 6.18 Å². The molecule has 0 saturated heterocycles. The summed E-state index contributed by atoms with van der Waals surface area (Å²) < 4.78 is 56.1. The van der Waals surface area contributed by atoms with Gasteiger partial charge in [0.2, 0.25) is 0 Å². The Morgan fingerprint density at radius 2 is 1.70 bits per heavy atom. The van der Waals surface area contributed by atoms with Gasteiger partial charge in [-0.3, -0.25) is 0 Å². The fraction of sp³-hybridized carbons (Fsp3) is 0.500.